The maximum atomic E-state index is 16.4. The molecule has 42 heavy (non-hydrogen) atoms. The van der Waals surface area contributed by atoms with Crippen LogP contribution < -0.4 is 0 Å². The summed E-state index contributed by atoms with van der Waals surface area (Å²) in [6, 6.07) is 0. The molecule has 0 aromatic rings. The zero-order chi connectivity index (χ0) is 32.4. The SMILES string of the molecule is CCC(C)(C(=O)OC1(C(F)(F)F)OC(C2CCCCC2)(C(F)(F)F)C(F)(F)C(O)(C2CCCCC2)C1(F)F)C(F)(F)F. The minimum atomic E-state index is -7.06. The maximum Gasteiger partial charge on any atom is 0.462 e. The Morgan fingerprint density at radius 3 is 1.55 bits per heavy atom. The Hall–Kier alpha value is -1.52. The monoisotopic (exact) mass is 642 g/mol. The Morgan fingerprint density at radius 1 is 0.762 bits per heavy atom. The Morgan fingerprint density at radius 2 is 1.19 bits per heavy atom. The van der Waals surface area contributed by atoms with Crippen molar-refractivity contribution in [2.75, 3.05) is 0 Å². The van der Waals surface area contributed by atoms with E-state index in [-0.39, 0.29) is 45.4 Å². The van der Waals surface area contributed by atoms with Crippen molar-refractivity contribution in [3.8, 4) is 0 Å². The van der Waals surface area contributed by atoms with Gasteiger partial charge in [0.25, 0.3) is 0 Å². The molecule has 246 valence electrons. The fraction of sp³-hybridized carbons (Fsp3) is 0.960. The zero-order valence-corrected chi connectivity index (χ0v) is 22.5. The second kappa shape index (κ2) is 10.5. The fourth-order valence-corrected chi connectivity index (χ4v) is 6.52. The van der Waals surface area contributed by atoms with Crippen LogP contribution in [0.25, 0.3) is 0 Å². The van der Waals surface area contributed by atoms with Gasteiger partial charge in [0.1, 0.15) is 0 Å². The number of rotatable bonds is 5. The molecular weight excluding hydrogens is 611 g/mol. The van der Waals surface area contributed by atoms with Gasteiger partial charge < -0.3 is 14.6 Å². The van der Waals surface area contributed by atoms with Crippen molar-refractivity contribution < 1.29 is 76.5 Å². The van der Waals surface area contributed by atoms with Gasteiger partial charge in [0.2, 0.25) is 11.2 Å². The molecule has 1 heterocycles. The van der Waals surface area contributed by atoms with E-state index < -0.39 is 103 Å². The number of hydrogen-bond acceptors (Lipinski definition) is 4. The largest absolute Gasteiger partial charge is 0.462 e. The van der Waals surface area contributed by atoms with Crippen LogP contribution in [0.5, 0.6) is 0 Å². The van der Waals surface area contributed by atoms with Crippen LogP contribution >= 0.6 is 0 Å². The van der Waals surface area contributed by atoms with Gasteiger partial charge >= 0.3 is 42.1 Å². The molecule has 4 nitrogen and oxygen atoms in total. The van der Waals surface area contributed by atoms with Crippen molar-refractivity contribution in [2.45, 2.75) is 132 Å². The number of alkyl halides is 13. The molecule has 1 N–H and O–H groups in total. The lowest BCUT2D eigenvalue weighted by atomic mass is 9.58. The third kappa shape index (κ3) is 4.51. The van der Waals surface area contributed by atoms with Crippen LogP contribution in [0.1, 0.15) is 84.5 Å². The average molecular weight is 642 g/mol. The Balaban J connectivity index is 2.48. The van der Waals surface area contributed by atoms with Crippen LogP contribution in [-0.2, 0) is 14.3 Å². The molecule has 0 aromatic heterocycles. The van der Waals surface area contributed by atoms with Crippen molar-refractivity contribution in [1.29, 1.82) is 0 Å². The average Bonchev–Trinajstić information content (AvgIpc) is 2.87. The highest BCUT2D eigenvalue weighted by molar-refractivity contribution is 5.78. The van der Waals surface area contributed by atoms with E-state index in [0.717, 1.165) is 0 Å². The molecule has 0 aromatic carbocycles. The number of hydrogen-bond donors (Lipinski definition) is 1. The van der Waals surface area contributed by atoms with Crippen molar-refractivity contribution in [1.82, 2.24) is 0 Å². The van der Waals surface area contributed by atoms with Gasteiger partial charge in [0, 0.05) is 11.8 Å². The highest BCUT2D eigenvalue weighted by Crippen LogP contribution is 2.71. The first kappa shape index (κ1) is 35.0. The molecule has 2 saturated carbocycles. The van der Waals surface area contributed by atoms with E-state index in [1.165, 1.54) is 0 Å². The predicted molar refractivity (Wildman–Crippen MR) is 117 cm³/mol. The van der Waals surface area contributed by atoms with E-state index in [9.17, 15) is 49.4 Å². The van der Waals surface area contributed by atoms with Gasteiger partial charge in [-0.05, 0) is 39.0 Å². The second-order valence-electron chi connectivity index (χ2n) is 11.6. The van der Waals surface area contributed by atoms with Crippen molar-refractivity contribution in [3.63, 3.8) is 0 Å². The second-order valence-corrected chi connectivity index (χ2v) is 11.6. The summed E-state index contributed by atoms with van der Waals surface area (Å²) < 4.78 is 204. The Labute approximate surface area is 232 Å². The predicted octanol–water partition coefficient (Wildman–Crippen LogP) is 8.26. The van der Waals surface area contributed by atoms with E-state index in [1.807, 2.05) is 0 Å². The van der Waals surface area contributed by atoms with E-state index in [2.05, 4.69) is 9.47 Å². The maximum absolute atomic E-state index is 16.4. The number of carbonyl (C=O) groups excluding carboxylic acids is 1. The van der Waals surface area contributed by atoms with E-state index in [1.54, 1.807) is 0 Å². The summed E-state index contributed by atoms with van der Waals surface area (Å²) in [6.07, 6.45) is -25.3. The summed E-state index contributed by atoms with van der Waals surface area (Å²) in [7, 11) is 0. The Bertz CT molecular complexity index is 998. The molecular formula is C25H31F13O4. The molecule has 1 aliphatic heterocycles. The summed E-state index contributed by atoms with van der Waals surface area (Å²) in [5, 5.41) is 11.2. The number of carbonyl (C=O) groups is 1. The normalized spacial score (nSPS) is 35.0. The van der Waals surface area contributed by atoms with Crippen LogP contribution in [0, 0.1) is 17.3 Å². The number of aliphatic hydroxyl groups is 1. The van der Waals surface area contributed by atoms with E-state index in [0.29, 0.717) is 6.92 Å². The lowest BCUT2D eigenvalue weighted by Gasteiger charge is -2.64. The van der Waals surface area contributed by atoms with Gasteiger partial charge in [0.05, 0.1) is 0 Å². The summed E-state index contributed by atoms with van der Waals surface area (Å²) in [5.41, 5.74) is -15.1. The van der Waals surface area contributed by atoms with Gasteiger partial charge in [0.15, 0.2) is 5.41 Å². The van der Waals surface area contributed by atoms with Crippen LogP contribution in [-0.4, -0.2) is 58.4 Å². The molecule has 0 bridgehead atoms. The molecule has 1 saturated heterocycles. The Kier molecular flexibility index (Phi) is 8.77. The third-order valence-corrected chi connectivity index (χ3v) is 9.33. The highest BCUT2D eigenvalue weighted by Gasteiger charge is 2.98. The van der Waals surface area contributed by atoms with Gasteiger partial charge in [-0.25, -0.2) is 0 Å². The quantitative estimate of drug-likeness (QED) is 0.243. The standard InChI is InChI=1S/C25H31F13O4/c1-3-17(2,23(30,31)32)16(39)41-22(25(36,37)38)21(28,29)18(40,14-10-6-4-7-11-14)20(26,27)19(42-22,24(33,34)35)15-12-8-5-9-13-15/h14-15,40H,3-13H2,1-2H3. The molecule has 2 aliphatic carbocycles. The van der Waals surface area contributed by atoms with Crippen LogP contribution in [0.2, 0.25) is 0 Å². The van der Waals surface area contributed by atoms with Gasteiger partial charge in [-0.3, -0.25) is 4.79 Å². The topological polar surface area (TPSA) is 55.8 Å². The third-order valence-electron chi connectivity index (χ3n) is 9.33. The van der Waals surface area contributed by atoms with E-state index >= 15 is 17.6 Å². The first-order chi connectivity index (χ1) is 18.9. The molecule has 3 rings (SSSR count). The minimum absolute atomic E-state index is 0.0551. The molecule has 4 unspecified atom stereocenters. The van der Waals surface area contributed by atoms with Crippen LogP contribution in [0.3, 0.4) is 0 Å². The number of halogens is 13. The molecule has 17 heteroatoms. The molecule has 3 aliphatic rings. The molecule has 0 amide bonds. The molecule has 3 fully saturated rings. The lowest BCUT2D eigenvalue weighted by molar-refractivity contribution is -0.570. The van der Waals surface area contributed by atoms with Crippen LogP contribution in [0.4, 0.5) is 57.1 Å². The number of ether oxygens (including phenoxy) is 2. The van der Waals surface area contributed by atoms with Crippen LogP contribution in [0.15, 0.2) is 0 Å². The zero-order valence-electron chi connectivity index (χ0n) is 22.5. The molecule has 4 atom stereocenters. The lowest BCUT2D eigenvalue weighted by Crippen LogP contribution is -2.90. The van der Waals surface area contributed by atoms with Crippen molar-refractivity contribution >= 4 is 5.97 Å². The highest BCUT2D eigenvalue weighted by atomic mass is 19.4. The summed E-state index contributed by atoms with van der Waals surface area (Å²) >= 11 is 0. The summed E-state index contributed by atoms with van der Waals surface area (Å²) in [5.74, 6) is -27.7. The first-order valence-electron chi connectivity index (χ1n) is 13.5. The van der Waals surface area contributed by atoms with Crippen molar-refractivity contribution in [2.24, 2.45) is 17.3 Å². The minimum Gasteiger partial charge on any atom is -0.417 e. The summed E-state index contributed by atoms with van der Waals surface area (Å²) in [4.78, 5) is 12.7. The number of esters is 1. The molecule has 0 spiro atoms. The van der Waals surface area contributed by atoms with Gasteiger partial charge in [-0.15, -0.1) is 0 Å². The molecule has 0 radical (unpaired) electrons. The first-order valence-corrected chi connectivity index (χ1v) is 13.5. The fourth-order valence-electron chi connectivity index (χ4n) is 6.52. The summed E-state index contributed by atoms with van der Waals surface area (Å²) in [6.45, 7) is 0.546. The van der Waals surface area contributed by atoms with Gasteiger partial charge in [-0.1, -0.05) is 45.4 Å². The van der Waals surface area contributed by atoms with E-state index in [4.69, 9.17) is 0 Å². The van der Waals surface area contributed by atoms with Crippen molar-refractivity contribution in [3.05, 3.63) is 0 Å². The van der Waals surface area contributed by atoms with Gasteiger partial charge in [-0.2, -0.15) is 57.1 Å². The smallest absolute Gasteiger partial charge is 0.417 e.